The second kappa shape index (κ2) is 11.4. The predicted octanol–water partition coefficient (Wildman–Crippen LogP) is 5.77. The Labute approximate surface area is 221 Å². The third-order valence-electron chi connectivity index (χ3n) is 6.22. The highest BCUT2D eigenvalue weighted by molar-refractivity contribution is 6.32. The SMILES string of the molecule is CCOc1ccc2c(c1)n(-c1ccccc1Cl)c(=O)n2Cc1ccc(NC(=O)N(CC)CC)cc1OC. The van der Waals surface area contributed by atoms with Crippen LogP contribution in [0.3, 0.4) is 0 Å². The number of carbonyl (C=O) groups is 1. The first-order valence-corrected chi connectivity index (χ1v) is 12.6. The fourth-order valence-electron chi connectivity index (χ4n) is 4.35. The molecule has 0 spiro atoms. The number of hydrogen-bond acceptors (Lipinski definition) is 4. The Morgan fingerprint density at radius 1 is 1.00 bits per heavy atom. The van der Waals surface area contributed by atoms with E-state index in [-0.39, 0.29) is 18.3 Å². The number of nitrogens with zero attached hydrogens (tertiary/aromatic N) is 3. The number of aromatic nitrogens is 2. The molecule has 37 heavy (non-hydrogen) atoms. The van der Waals surface area contributed by atoms with Gasteiger partial charge < -0.3 is 19.7 Å². The maximum Gasteiger partial charge on any atom is 0.334 e. The summed E-state index contributed by atoms with van der Waals surface area (Å²) in [6.45, 7) is 7.77. The predicted molar refractivity (Wildman–Crippen MR) is 148 cm³/mol. The van der Waals surface area contributed by atoms with Gasteiger partial charge in [-0.15, -0.1) is 0 Å². The molecule has 0 aliphatic heterocycles. The largest absolute Gasteiger partial charge is 0.496 e. The van der Waals surface area contributed by atoms with Crippen LogP contribution in [0.25, 0.3) is 16.7 Å². The lowest BCUT2D eigenvalue weighted by molar-refractivity contribution is 0.217. The number of para-hydroxylation sites is 1. The molecule has 0 saturated heterocycles. The molecule has 0 unspecified atom stereocenters. The van der Waals surface area contributed by atoms with Crippen molar-refractivity contribution in [3.8, 4) is 17.2 Å². The van der Waals surface area contributed by atoms with Crippen molar-refractivity contribution in [1.82, 2.24) is 14.0 Å². The van der Waals surface area contributed by atoms with E-state index < -0.39 is 0 Å². The Balaban J connectivity index is 1.78. The minimum Gasteiger partial charge on any atom is -0.496 e. The van der Waals surface area contributed by atoms with Gasteiger partial charge in [0.05, 0.1) is 42.0 Å². The number of hydrogen-bond donors (Lipinski definition) is 1. The zero-order chi connectivity index (χ0) is 26.5. The van der Waals surface area contributed by atoms with Gasteiger partial charge in [-0.3, -0.25) is 9.13 Å². The Morgan fingerprint density at radius 2 is 1.76 bits per heavy atom. The summed E-state index contributed by atoms with van der Waals surface area (Å²) in [4.78, 5) is 28.0. The number of ether oxygens (including phenoxy) is 2. The summed E-state index contributed by atoms with van der Waals surface area (Å²) in [5.41, 5.74) is 3.17. The highest BCUT2D eigenvalue weighted by Gasteiger charge is 2.19. The number of urea groups is 1. The summed E-state index contributed by atoms with van der Waals surface area (Å²) < 4.78 is 14.6. The van der Waals surface area contributed by atoms with Crippen LogP contribution >= 0.6 is 11.6 Å². The minimum atomic E-state index is -0.238. The van der Waals surface area contributed by atoms with Crippen LogP contribution in [0.1, 0.15) is 26.3 Å². The van der Waals surface area contributed by atoms with Gasteiger partial charge in [-0.2, -0.15) is 0 Å². The van der Waals surface area contributed by atoms with Crippen molar-refractivity contribution in [2.75, 3.05) is 32.1 Å². The van der Waals surface area contributed by atoms with Gasteiger partial charge in [0.1, 0.15) is 11.5 Å². The first-order chi connectivity index (χ1) is 17.9. The second-order valence-electron chi connectivity index (χ2n) is 8.37. The van der Waals surface area contributed by atoms with Gasteiger partial charge in [-0.05, 0) is 51.1 Å². The van der Waals surface area contributed by atoms with Crippen LogP contribution in [0.5, 0.6) is 11.5 Å². The summed E-state index contributed by atoms with van der Waals surface area (Å²) in [5.74, 6) is 1.23. The third kappa shape index (κ3) is 5.29. The number of fused-ring (bicyclic) bond motifs is 1. The van der Waals surface area contributed by atoms with E-state index in [0.717, 1.165) is 11.1 Å². The molecule has 9 heteroatoms. The molecule has 0 saturated carbocycles. The van der Waals surface area contributed by atoms with Crippen LogP contribution < -0.4 is 20.5 Å². The van der Waals surface area contributed by atoms with Crippen LogP contribution in [0.2, 0.25) is 5.02 Å². The molecule has 0 radical (unpaired) electrons. The number of rotatable bonds is 9. The van der Waals surface area contributed by atoms with Crippen LogP contribution in [0.15, 0.2) is 65.5 Å². The van der Waals surface area contributed by atoms with Crippen molar-refractivity contribution >= 4 is 34.4 Å². The van der Waals surface area contributed by atoms with E-state index in [1.807, 2.05) is 69.3 Å². The molecule has 1 heterocycles. The third-order valence-corrected chi connectivity index (χ3v) is 6.54. The number of imidazole rings is 1. The van der Waals surface area contributed by atoms with E-state index in [2.05, 4.69) is 5.32 Å². The molecule has 0 fully saturated rings. The molecule has 4 rings (SSSR count). The number of halogens is 1. The molecule has 0 aliphatic carbocycles. The number of amides is 2. The van der Waals surface area contributed by atoms with E-state index >= 15 is 0 Å². The molecule has 8 nitrogen and oxygen atoms in total. The Kier molecular flexibility index (Phi) is 8.08. The molecular formula is C28H31ClN4O4. The van der Waals surface area contributed by atoms with E-state index in [9.17, 15) is 9.59 Å². The highest BCUT2D eigenvalue weighted by Crippen LogP contribution is 2.29. The lowest BCUT2D eigenvalue weighted by Gasteiger charge is -2.20. The summed E-state index contributed by atoms with van der Waals surface area (Å²) in [6.07, 6.45) is 0. The normalized spacial score (nSPS) is 10.9. The van der Waals surface area contributed by atoms with Gasteiger partial charge in [0.25, 0.3) is 0 Å². The van der Waals surface area contributed by atoms with Crippen molar-refractivity contribution in [1.29, 1.82) is 0 Å². The summed E-state index contributed by atoms with van der Waals surface area (Å²) in [5, 5.41) is 3.38. The molecule has 0 aliphatic rings. The average molecular weight is 523 g/mol. The monoisotopic (exact) mass is 522 g/mol. The Morgan fingerprint density at radius 3 is 2.43 bits per heavy atom. The van der Waals surface area contributed by atoms with Gasteiger partial charge in [0.15, 0.2) is 0 Å². The van der Waals surface area contributed by atoms with Gasteiger partial charge in [0, 0.05) is 36.5 Å². The topological polar surface area (TPSA) is 77.7 Å². The van der Waals surface area contributed by atoms with Crippen molar-refractivity contribution in [3.05, 3.63) is 81.7 Å². The lowest BCUT2D eigenvalue weighted by Crippen LogP contribution is -2.34. The van der Waals surface area contributed by atoms with Crippen LogP contribution in [-0.4, -0.2) is 46.9 Å². The Hall–Kier alpha value is -3.91. The second-order valence-corrected chi connectivity index (χ2v) is 8.78. The molecule has 1 N–H and O–H groups in total. The molecule has 0 bridgehead atoms. The fourth-order valence-corrected chi connectivity index (χ4v) is 4.57. The zero-order valence-electron chi connectivity index (χ0n) is 21.5. The average Bonchev–Trinajstić information content (AvgIpc) is 3.16. The van der Waals surface area contributed by atoms with Crippen LogP contribution in [-0.2, 0) is 6.54 Å². The molecule has 2 amide bonds. The maximum absolute atomic E-state index is 13.8. The smallest absolute Gasteiger partial charge is 0.334 e. The van der Waals surface area contributed by atoms with Crippen LogP contribution in [0, 0.1) is 0 Å². The van der Waals surface area contributed by atoms with Crippen molar-refractivity contribution < 1.29 is 14.3 Å². The van der Waals surface area contributed by atoms with Gasteiger partial charge in [0.2, 0.25) is 0 Å². The molecule has 1 aromatic heterocycles. The molecule has 4 aromatic rings. The highest BCUT2D eigenvalue weighted by atomic mass is 35.5. The quantitative estimate of drug-likeness (QED) is 0.302. The number of nitrogens with one attached hydrogen (secondary N) is 1. The first-order valence-electron chi connectivity index (χ1n) is 12.3. The fraction of sp³-hybridized carbons (Fsp3) is 0.286. The van der Waals surface area contributed by atoms with Crippen molar-refractivity contribution in [3.63, 3.8) is 0 Å². The molecule has 0 atom stereocenters. The van der Waals surface area contributed by atoms with Crippen LogP contribution in [0.4, 0.5) is 10.5 Å². The van der Waals surface area contributed by atoms with E-state index in [1.54, 1.807) is 33.3 Å². The number of carbonyl (C=O) groups excluding carboxylic acids is 1. The number of methoxy groups -OCH3 is 1. The lowest BCUT2D eigenvalue weighted by atomic mass is 10.1. The first kappa shape index (κ1) is 26.2. The van der Waals surface area contributed by atoms with Gasteiger partial charge in [-0.25, -0.2) is 9.59 Å². The maximum atomic E-state index is 13.8. The minimum absolute atomic E-state index is 0.177. The number of benzene rings is 3. The summed E-state index contributed by atoms with van der Waals surface area (Å²) >= 11 is 6.49. The number of anilines is 1. The molecule has 3 aromatic carbocycles. The van der Waals surface area contributed by atoms with E-state index in [4.69, 9.17) is 21.1 Å². The van der Waals surface area contributed by atoms with E-state index in [1.165, 1.54) is 0 Å². The van der Waals surface area contributed by atoms with Crippen molar-refractivity contribution in [2.45, 2.75) is 27.3 Å². The molecular weight excluding hydrogens is 492 g/mol. The van der Waals surface area contributed by atoms with Gasteiger partial charge >= 0.3 is 11.7 Å². The zero-order valence-corrected chi connectivity index (χ0v) is 22.2. The molecule has 194 valence electrons. The van der Waals surface area contributed by atoms with Gasteiger partial charge in [-0.1, -0.05) is 29.8 Å². The summed E-state index contributed by atoms with van der Waals surface area (Å²) in [7, 11) is 1.57. The Bertz CT molecular complexity index is 1470. The summed E-state index contributed by atoms with van der Waals surface area (Å²) in [6, 6.07) is 18.1. The van der Waals surface area contributed by atoms with Crippen molar-refractivity contribution in [2.24, 2.45) is 0 Å². The van der Waals surface area contributed by atoms with E-state index in [0.29, 0.717) is 53.1 Å². The standard InChI is InChI=1S/C28H31ClN4O4/c1-5-31(6-2)27(34)30-20-13-12-19(26(16-20)36-4)18-32-24-15-14-21(37-7-3)17-25(24)33(28(32)35)23-11-9-8-10-22(23)29/h8-17H,5-7,18H2,1-4H3,(H,30,34).